The van der Waals surface area contributed by atoms with Gasteiger partial charge in [0, 0.05) is 12.2 Å². The molecular weight excluding hydrogens is 196 g/mol. The zero-order valence-electron chi connectivity index (χ0n) is 6.91. The van der Waals surface area contributed by atoms with Crippen LogP contribution in [0.5, 0.6) is 0 Å². The highest BCUT2D eigenvalue weighted by Gasteiger charge is 2.17. The van der Waals surface area contributed by atoms with Gasteiger partial charge >= 0.3 is 17.9 Å². The third-order valence-corrected chi connectivity index (χ3v) is 1.01. The van der Waals surface area contributed by atoms with Gasteiger partial charge in [0.05, 0.1) is 6.61 Å². The van der Waals surface area contributed by atoms with Crippen LogP contribution in [0.3, 0.4) is 0 Å². The Labute approximate surface area is 78.2 Å². The lowest BCUT2D eigenvalue weighted by molar-refractivity contribution is -0.164. The number of carbonyl (C=O) groups excluding carboxylic acids is 2. The van der Waals surface area contributed by atoms with Crippen LogP contribution in [0.1, 0.15) is 0 Å². The maximum absolute atomic E-state index is 10.6. The van der Waals surface area contributed by atoms with Crippen LogP contribution in [-0.2, 0) is 19.1 Å². The van der Waals surface area contributed by atoms with Gasteiger partial charge in [-0.05, 0) is 0 Å². The van der Waals surface area contributed by atoms with Crippen LogP contribution >= 0.6 is 0 Å². The molecule has 0 saturated heterocycles. The van der Waals surface area contributed by atoms with Crippen LogP contribution in [0.4, 0.5) is 0 Å². The van der Waals surface area contributed by atoms with Crippen molar-refractivity contribution >= 4 is 17.9 Å². The highest BCUT2D eigenvalue weighted by atomic mass is 16.6. The Hall–Kier alpha value is -1.73. The SMILES string of the molecule is O=C(O)/C=C\C(=O)OC(=O)C(O)CO. The molecule has 0 spiro atoms. The summed E-state index contributed by atoms with van der Waals surface area (Å²) in [5.41, 5.74) is 0. The molecule has 0 aliphatic heterocycles. The van der Waals surface area contributed by atoms with E-state index in [2.05, 4.69) is 4.74 Å². The second-order valence-corrected chi connectivity index (χ2v) is 2.11. The van der Waals surface area contributed by atoms with Crippen LogP contribution in [0, 0.1) is 0 Å². The lowest BCUT2D eigenvalue weighted by Gasteiger charge is -2.03. The molecule has 0 aromatic carbocycles. The number of carboxylic acids is 1. The van der Waals surface area contributed by atoms with Crippen molar-refractivity contribution < 1.29 is 34.4 Å². The fraction of sp³-hybridized carbons (Fsp3) is 0.286. The molecule has 0 heterocycles. The smallest absolute Gasteiger partial charge is 0.345 e. The first kappa shape index (κ1) is 12.3. The minimum atomic E-state index is -1.81. The topological polar surface area (TPSA) is 121 Å². The van der Waals surface area contributed by atoms with Gasteiger partial charge in [0.2, 0.25) is 0 Å². The van der Waals surface area contributed by atoms with Gasteiger partial charge in [-0.25, -0.2) is 14.4 Å². The summed E-state index contributed by atoms with van der Waals surface area (Å²) in [6.07, 6.45) is -0.831. The molecule has 0 bridgehead atoms. The first-order valence-electron chi connectivity index (χ1n) is 3.43. The summed E-state index contributed by atoms with van der Waals surface area (Å²) >= 11 is 0. The molecule has 0 aliphatic rings. The average Bonchev–Trinajstić information content (AvgIpc) is 2.13. The number of ether oxygens (including phenoxy) is 1. The first-order valence-corrected chi connectivity index (χ1v) is 3.43. The molecule has 7 nitrogen and oxygen atoms in total. The fourth-order valence-corrected chi connectivity index (χ4v) is 0.415. The molecule has 14 heavy (non-hydrogen) atoms. The van der Waals surface area contributed by atoms with Crippen molar-refractivity contribution in [1.29, 1.82) is 0 Å². The zero-order valence-corrected chi connectivity index (χ0v) is 6.91. The first-order chi connectivity index (χ1) is 6.47. The van der Waals surface area contributed by atoms with Crippen molar-refractivity contribution in [2.45, 2.75) is 6.10 Å². The fourth-order valence-electron chi connectivity index (χ4n) is 0.415. The molecule has 0 saturated carbocycles. The molecule has 1 unspecified atom stereocenters. The van der Waals surface area contributed by atoms with E-state index in [0.717, 1.165) is 0 Å². The van der Waals surface area contributed by atoms with E-state index in [9.17, 15) is 14.4 Å². The van der Waals surface area contributed by atoms with Crippen molar-refractivity contribution in [3.05, 3.63) is 12.2 Å². The van der Waals surface area contributed by atoms with Gasteiger partial charge in [-0.3, -0.25) is 0 Å². The third-order valence-electron chi connectivity index (χ3n) is 1.01. The number of hydrogen-bond donors (Lipinski definition) is 3. The molecule has 0 aromatic rings. The van der Waals surface area contributed by atoms with Crippen LogP contribution in [0.2, 0.25) is 0 Å². The summed E-state index contributed by atoms with van der Waals surface area (Å²) in [5, 5.41) is 25.0. The summed E-state index contributed by atoms with van der Waals surface area (Å²) in [7, 11) is 0. The van der Waals surface area contributed by atoms with Gasteiger partial charge in [0.1, 0.15) is 0 Å². The number of carboxylic acid groups (broad SMARTS) is 1. The number of rotatable bonds is 4. The second-order valence-electron chi connectivity index (χ2n) is 2.11. The Kier molecular flexibility index (Phi) is 5.12. The minimum Gasteiger partial charge on any atom is -0.478 e. The lowest BCUT2D eigenvalue weighted by atomic mass is 10.4. The molecule has 1 atom stereocenters. The molecule has 0 radical (unpaired) electrons. The van der Waals surface area contributed by atoms with Crippen molar-refractivity contribution in [1.82, 2.24) is 0 Å². The van der Waals surface area contributed by atoms with E-state index in [1.807, 2.05) is 0 Å². The zero-order chi connectivity index (χ0) is 11.1. The largest absolute Gasteiger partial charge is 0.478 e. The van der Waals surface area contributed by atoms with Gasteiger partial charge in [-0.1, -0.05) is 0 Å². The Morgan fingerprint density at radius 1 is 1.29 bits per heavy atom. The maximum Gasteiger partial charge on any atom is 0.345 e. The molecule has 7 heteroatoms. The van der Waals surface area contributed by atoms with Gasteiger partial charge in [0.15, 0.2) is 6.10 Å². The molecule has 3 N–H and O–H groups in total. The van der Waals surface area contributed by atoms with E-state index in [1.165, 1.54) is 0 Å². The van der Waals surface area contributed by atoms with Crippen LogP contribution < -0.4 is 0 Å². The van der Waals surface area contributed by atoms with Crippen molar-refractivity contribution in [2.75, 3.05) is 6.61 Å². The van der Waals surface area contributed by atoms with E-state index in [-0.39, 0.29) is 0 Å². The van der Waals surface area contributed by atoms with Gasteiger partial charge in [0.25, 0.3) is 0 Å². The summed E-state index contributed by atoms with van der Waals surface area (Å²) in [5.74, 6) is -3.95. The quantitative estimate of drug-likeness (QED) is 0.276. The number of carbonyl (C=O) groups is 3. The number of esters is 2. The summed E-state index contributed by atoms with van der Waals surface area (Å²) < 4.78 is 3.92. The number of aliphatic hydroxyl groups is 2. The number of hydrogen-bond acceptors (Lipinski definition) is 6. The van der Waals surface area contributed by atoms with E-state index in [0.29, 0.717) is 12.2 Å². The minimum absolute atomic E-state index is 0.473. The third kappa shape index (κ3) is 5.01. The Morgan fingerprint density at radius 2 is 1.86 bits per heavy atom. The second kappa shape index (κ2) is 5.84. The lowest BCUT2D eigenvalue weighted by Crippen LogP contribution is -2.28. The normalized spacial score (nSPS) is 12.4. The standard InChI is InChI=1S/C7H8O7/c8-3-4(9)7(13)14-6(12)2-1-5(10)11/h1-2,4,8-9H,3H2,(H,10,11)/b2-1-. The van der Waals surface area contributed by atoms with Crippen molar-refractivity contribution in [3.63, 3.8) is 0 Å². The highest BCUT2D eigenvalue weighted by molar-refractivity contribution is 5.96. The van der Waals surface area contributed by atoms with Crippen LogP contribution in [0.25, 0.3) is 0 Å². The van der Waals surface area contributed by atoms with E-state index >= 15 is 0 Å². The maximum atomic E-state index is 10.6. The number of aliphatic carboxylic acids is 1. The van der Waals surface area contributed by atoms with E-state index in [1.54, 1.807) is 0 Å². The molecule has 0 aromatic heterocycles. The van der Waals surface area contributed by atoms with Gasteiger partial charge in [-0.15, -0.1) is 0 Å². The van der Waals surface area contributed by atoms with Crippen molar-refractivity contribution in [3.8, 4) is 0 Å². The van der Waals surface area contributed by atoms with E-state index in [4.69, 9.17) is 15.3 Å². The average molecular weight is 204 g/mol. The molecular formula is C7H8O7. The summed E-state index contributed by atoms with van der Waals surface area (Å²) in [6.45, 7) is -0.880. The number of aliphatic hydroxyl groups excluding tert-OH is 2. The van der Waals surface area contributed by atoms with Crippen LogP contribution in [-0.4, -0.2) is 45.9 Å². The summed E-state index contributed by atoms with van der Waals surface area (Å²) in [6, 6.07) is 0. The Balaban J connectivity index is 4.07. The Morgan fingerprint density at radius 3 is 2.29 bits per heavy atom. The van der Waals surface area contributed by atoms with Crippen LogP contribution in [0.15, 0.2) is 12.2 Å². The molecule has 0 fully saturated rings. The van der Waals surface area contributed by atoms with E-state index < -0.39 is 30.6 Å². The molecule has 0 aliphatic carbocycles. The molecule has 78 valence electrons. The van der Waals surface area contributed by atoms with Crippen molar-refractivity contribution in [2.24, 2.45) is 0 Å². The highest BCUT2D eigenvalue weighted by Crippen LogP contribution is 1.89. The van der Waals surface area contributed by atoms with Gasteiger partial charge < -0.3 is 20.1 Å². The predicted octanol–water partition coefficient (Wildman–Crippen LogP) is -1.95. The monoisotopic (exact) mass is 204 g/mol. The molecule has 0 rings (SSSR count). The molecule has 0 amide bonds. The summed E-state index contributed by atoms with van der Waals surface area (Å²) in [4.78, 5) is 31.1. The Bertz CT molecular complexity index is 267. The predicted molar refractivity (Wildman–Crippen MR) is 41.0 cm³/mol. The van der Waals surface area contributed by atoms with Gasteiger partial charge in [-0.2, -0.15) is 0 Å².